The summed E-state index contributed by atoms with van der Waals surface area (Å²) in [5, 5.41) is 7.10. The van der Waals surface area contributed by atoms with Gasteiger partial charge in [0.25, 0.3) is 0 Å². The van der Waals surface area contributed by atoms with Crippen LogP contribution in [-0.4, -0.2) is 117 Å². The van der Waals surface area contributed by atoms with Crippen LogP contribution in [0.15, 0.2) is 30.6 Å². The number of carbonyl (C=O) groups is 3. The zero-order chi connectivity index (χ0) is 39.5. The van der Waals surface area contributed by atoms with Gasteiger partial charge in [-0.15, -0.1) is 0 Å². The van der Waals surface area contributed by atoms with E-state index in [-0.39, 0.29) is 35.7 Å². The molecule has 0 bridgehead atoms. The lowest BCUT2D eigenvalue weighted by Crippen LogP contribution is -2.58. The Bertz CT molecular complexity index is 2030. The smallest absolute Gasteiger partial charge is 0.238 e. The second-order valence-electron chi connectivity index (χ2n) is 19.2. The van der Waals surface area contributed by atoms with E-state index in [4.69, 9.17) is 9.97 Å². The molecule has 1 spiro atoms. The molecule has 2 aromatic heterocycles. The summed E-state index contributed by atoms with van der Waals surface area (Å²) >= 11 is 0. The normalized spacial score (nSPS) is 26.7. The van der Waals surface area contributed by atoms with Crippen LogP contribution in [0.5, 0.6) is 0 Å². The van der Waals surface area contributed by atoms with Crippen molar-refractivity contribution in [1.29, 1.82) is 0 Å². The van der Waals surface area contributed by atoms with Gasteiger partial charge < -0.3 is 34.8 Å². The number of amides is 3. The molecule has 12 nitrogen and oxygen atoms in total. The summed E-state index contributed by atoms with van der Waals surface area (Å²) in [7, 11) is 0. The van der Waals surface area contributed by atoms with Crippen molar-refractivity contribution < 1.29 is 14.4 Å². The summed E-state index contributed by atoms with van der Waals surface area (Å²) in [6.07, 6.45) is 15.8. The molecule has 3 aromatic rings. The fourth-order valence-electron chi connectivity index (χ4n) is 11.3. The molecule has 7 heterocycles. The first-order valence-corrected chi connectivity index (χ1v) is 22.9. The van der Waals surface area contributed by atoms with E-state index < -0.39 is 5.41 Å². The third-order valence-corrected chi connectivity index (χ3v) is 15.1. The minimum Gasteiger partial charge on any atom is -0.366 e. The third kappa shape index (κ3) is 6.99. The zero-order valence-corrected chi connectivity index (χ0v) is 34.8. The molecule has 58 heavy (non-hydrogen) atoms. The highest BCUT2D eigenvalue weighted by atomic mass is 16.2. The van der Waals surface area contributed by atoms with E-state index in [1.165, 1.54) is 32.4 Å². The van der Waals surface area contributed by atoms with Crippen LogP contribution in [0.2, 0.25) is 0 Å². The van der Waals surface area contributed by atoms with Crippen LogP contribution in [0.25, 0.3) is 22.3 Å². The number of nitrogens with one attached hydrogen (secondary N) is 2. The molecule has 2 saturated carbocycles. The van der Waals surface area contributed by atoms with E-state index in [9.17, 15) is 9.59 Å². The highest BCUT2D eigenvalue weighted by molar-refractivity contribution is 6.09. The SMILES string of the molecule is CC(C)n1cnc2cc(-c3ccc4c(c3)N(C3CC(N5CCCCC5)C3)C(=O)C43CCN(C(=O)[C@@H]4CCCN(C(=O)CC5CCNCC5)C4)CC3)nc(NC3CC3)c21. The van der Waals surface area contributed by atoms with Crippen molar-refractivity contribution in [3.05, 3.63) is 36.2 Å². The fourth-order valence-corrected chi connectivity index (χ4v) is 11.3. The molecule has 6 fully saturated rings. The van der Waals surface area contributed by atoms with Crippen molar-refractivity contribution in [3.8, 4) is 11.3 Å². The van der Waals surface area contributed by atoms with Crippen molar-refractivity contribution in [1.82, 2.24) is 34.6 Å². The average Bonchev–Trinajstić information content (AvgIpc) is 3.90. The molecule has 10 rings (SSSR count). The van der Waals surface area contributed by atoms with Crippen molar-refractivity contribution in [2.75, 3.05) is 62.6 Å². The maximum atomic E-state index is 15.1. The maximum absolute atomic E-state index is 15.1. The van der Waals surface area contributed by atoms with Gasteiger partial charge in [-0.3, -0.25) is 14.4 Å². The summed E-state index contributed by atoms with van der Waals surface area (Å²) in [6.45, 7) is 11.1. The quantitative estimate of drug-likeness (QED) is 0.267. The summed E-state index contributed by atoms with van der Waals surface area (Å²) in [5.41, 5.74) is 5.36. The number of anilines is 2. The van der Waals surface area contributed by atoms with E-state index in [1.807, 2.05) is 16.1 Å². The molecule has 3 amide bonds. The number of likely N-dealkylation sites (tertiary alicyclic amines) is 3. The molecule has 1 atom stereocenters. The minimum absolute atomic E-state index is 0.160. The molecule has 2 aliphatic carbocycles. The molecule has 1 aromatic carbocycles. The second-order valence-corrected chi connectivity index (χ2v) is 19.2. The Morgan fingerprint density at radius 1 is 0.897 bits per heavy atom. The van der Waals surface area contributed by atoms with Crippen molar-refractivity contribution in [3.63, 3.8) is 0 Å². The molecule has 0 unspecified atom stereocenters. The third-order valence-electron chi connectivity index (χ3n) is 15.1. The molecule has 310 valence electrons. The second kappa shape index (κ2) is 15.5. The topological polar surface area (TPSA) is 119 Å². The van der Waals surface area contributed by atoms with Gasteiger partial charge in [-0.05, 0) is 141 Å². The molecular weight excluding hydrogens is 727 g/mol. The Balaban J connectivity index is 0.904. The number of rotatable bonds is 9. The summed E-state index contributed by atoms with van der Waals surface area (Å²) in [6, 6.07) is 10.1. The highest BCUT2D eigenvalue weighted by Crippen LogP contribution is 2.52. The summed E-state index contributed by atoms with van der Waals surface area (Å²) in [4.78, 5) is 61.5. The Kier molecular flexibility index (Phi) is 10.2. The number of aromatic nitrogens is 3. The molecule has 12 heteroatoms. The number of fused-ring (bicyclic) bond motifs is 3. The number of nitrogens with zero attached hydrogens (tertiary/aromatic N) is 7. The largest absolute Gasteiger partial charge is 0.366 e. The van der Waals surface area contributed by atoms with Crippen LogP contribution in [0.3, 0.4) is 0 Å². The number of hydrogen-bond acceptors (Lipinski definition) is 8. The Hall–Kier alpha value is -4.03. The molecule has 5 aliphatic heterocycles. The van der Waals surface area contributed by atoms with Gasteiger partial charge in [0, 0.05) is 68.0 Å². The zero-order valence-electron chi connectivity index (χ0n) is 34.8. The number of piperidine rings is 4. The van der Waals surface area contributed by atoms with E-state index in [2.05, 4.69) is 63.1 Å². The van der Waals surface area contributed by atoms with Crippen LogP contribution in [0.4, 0.5) is 11.5 Å². The first-order chi connectivity index (χ1) is 28.3. The van der Waals surface area contributed by atoms with E-state index >= 15 is 4.79 Å². The monoisotopic (exact) mass is 790 g/mol. The molecule has 7 aliphatic rings. The van der Waals surface area contributed by atoms with Crippen LogP contribution in [-0.2, 0) is 19.8 Å². The molecule has 4 saturated heterocycles. The van der Waals surface area contributed by atoms with E-state index in [0.717, 1.165) is 110 Å². The van der Waals surface area contributed by atoms with Gasteiger partial charge in [-0.25, -0.2) is 9.97 Å². The first kappa shape index (κ1) is 38.2. The summed E-state index contributed by atoms with van der Waals surface area (Å²) in [5.74, 6) is 1.76. The number of pyridine rings is 1. The predicted molar refractivity (Wildman–Crippen MR) is 227 cm³/mol. The maximum Gasteiger partial charge on any atom is 0.238 e. The van der Waals surface area contributed by atoms with Crippen LogP contribution >= 0.6 is 0 Å². The van der Waals surface area contributed by atoms with Gasteiger partial charge in [0.1, 0.15) is 5.52 Å². The van der Waals surface area contributed by atoms with Crippen LogP contribution in [0.1, 0.15) is 115 Å². The Labute approximate surface area is 343 Å². The summed E-state index contributed by atoms with van der Waals surface area (Å²) < 4.78 is 2.20. The van der Waals surface area contributed by atoms with Gasteiger partial charge in [0.15, 0.2) is 5.82 Å². The average molecular weight is 790 g/mol. The van der Waals surface area contributed by atoms with E-state index in [1.54, 1.807) is 0 Å². The standard InChI is InChI=1S/C46H63N9O3/c1-30(2)54-29-48-39-27-38(50-43(42(39)54)49-34-9-10-34)32-8-11-37-40(24-32)55(36-25-35(26-36)51-18-4-3-5-19-51)45(58)46(37)14-21-52(22-15-46)44(57)33-7-6-20-53(28-33)41(56)23-31-12-16-47-17-13-31/h8,11,24,27,29-31,33-36,47H,3-7,9-10,12-23,25-26,28H2,1-2H3,(H,49,50)/t33-,35?,36?/m1/s1. The lowest BCUT2D eigenvalue weighted by Gasteiger charge is -2.48. The van der Waals surface area contributed by atoms with E-state index in [0.29, 0.717) is 56.9 Å². The van der Waals surface area contributed by atoms with Crippen LogP contribution in [0, 0.1) is 11.8 Å². The Morgan fingerprint density at radius 2 is 1.67 bits per heavy atom. The van der Waals surface area contributed by atoms with Gasteiger partial charge in [-0.2, -0.15) is 0 Å². The van der Waals surface area contributed by atoms with Gasteiger partial charge in [-0.1, -0.05) is 18.6 Å². The first-order valence-electron chi connectivity index (χ1n) is 22.9. The van der Waals surface area contributed by atoms with Gasteiger partial charge in [0.05, 0.1) is 28.9 Å². The number of carbonyl (C=O) groups excluding carboxylic acids is 3. The van der Waals surface area contributed by atoms with Crippen molar-refractivity contribution in [2.24, 2.45) is 11.8 Å². The highest BCUT2D eigenvalue weighted by Gasteiger charge is 2.56. The van der Waals surface area contributed by atoms with Crippen molar-refractivity contribution >= 4 is 40.3 Å². The number of imidazole rings is 1. The molecule has 2 N–H and O–H groups in total. The predicted octanol–water partition coefficient (Wildman–Crippen LogP) is 6.11. The van der Waals surface area contributed by atoms with Crippen molar-refractivity contribution in [2.45, 2.75) is 133 Å². The fraction of sp³-hybridized carbons (Fsp3) is 0.674. The number of hydrogen-bond donors (Lipinski definition) is 2. The number of benzene rings is 1. The lowest BCUT2D eigenvalue weighted by molar-refractivity contribution is -0.143. The molecule has 0 radical (unpaired) electrons. The van der Waals surface area contributed by atoms with Gasteiger partial charge in [0.2, 0.25) is 17.7 Å². The Morgan fingerprint density at radius 3 is 2.41 bits per heavy atom. The lowest BCUT2D eigenvalue weighted by atomic mass is 9.73. The van der Waals surface area contributed by atoms with Gasteiger partial charge >= 0.3 is 0 Å². The minimum atomic E-state index is -0.642. The molecular formula is C46H63N9O3. The van der Waals surface area contributed by atoms with Crippen LogP contribution < -0.4 is 15.5 Å².